The van der Waals surface area contributed by atoms with E-state index in [1.54, 1.807) is 42.5 Å². The summed E-state index contributed by atoms with van der Waals surface area (Å²) in [6.45, 7) is -2.82. The van der Waals surface area contributed by atoms with Crippen LogP contribution in [0, 0.1) is 5.92 Å². The van der Waals surface area contributed by atoms with Crippen LogP contribution in [0.25, 0.3) is 0 Å². The van der Waals surface area contributed by atoms with Crippen LogP contribution in [-0.4, -0.2) is 96.1 Å². The van der Waals surface area contributed by atoms with Crippen molar-refractivity contribution >= 4 is 10.1 Å². The summed E-state index contributed by atoms with van der Waals surface area (Å²) >= 11 is 0. The zero-order chi connectivity index (χ0) is 52.5. The molecule has 11 atom stereocenters. The van der Waals surface area contributed by atoms with E-state index in [2.05, 4.69) is 4.18 Å². The maximum atomic E-state index is 14.0. The highest BCUT2D eigenvalue weighted by molar-refractivity contribution is 7.87. The molecule has 0 radical (unpaired) electrons. The zero-order valence-corrected chi connectivity index (χ0v) is 41.5. The number of halogens is 3. The standard InChI is InChI=1S/C57H61F3O13S/c1-63-55-54(69-37-46-30-18-7-19-31-46)52(67-35-44-26-14-5-15-27-44)51(66-34-43-24-12-4-13-25-43)49(73-55)40-70-56-53(68-36-45-28-16-6-17-29-45)50(65-33-42-22-10-3-11-23-42)47(38-71-74(61,62)57(58,59)60)48(72-56)39-64-32-41-20-8-2-9-21-41/h2-31,47-56H,32-40H2,1H3/t47-,48-,49-,50+,51-,52+,53-,54-,55+,56?/m1/s1/i38D/t38-,47+,48+,49+,50-,51+,52-,53+,54+,55-,56?/m0. The maximum Gasteiger partial charge on any atom is 0.523 e. The van der Waals surface area contributed by atoms with Gasteiger partial charge >= 0.3 is 15.6 Å². The Morgan fingerprint density at radius 3 is 1.20 bits per heavy atom. The quantitative estimate of drug-likeness (QED) is 0.0377. The van der Waals surface area contributed by atoms with Gasteiger partial charge in [-0.3, -0.25) is 4.18 Å². The molecule has 8 rings (SSSR count). The highest BCUT2D eigenvalue weighted by Crippen LogP contribution is 2.37. The summed E-state index contributed by atoms with van der Waals surface area (Å²) in [7, 11) is -4.81. The molecule has 2 fully saturated rings. The van der Waals surface area contributed by atoms with Crippen LogP contribution >= 0.6 is 0 Å². The largest absolute Gasteiger partial charge is 0.523 e. The van der Waals surface area contributed by atoms with Crippen molar-refractivity contribution in [3.8, 4) is 0 Å². The molecule has 0 amide bonds. The van der Waals surface area contributed by atoms with Crippen LogP contribution in [0.4, 0.5) is 13.2 Å². The fourth-order valence-corrected chi connectivity index (χ4v) is 8.99. The molecular weight excluding hydrogens is 982 g/mol. The molecule has 17 heteroatoms. The first-order chi connectivity index (χ1) is 36.5. The van der Waals surface area contributed by atoms with Crippen LogP contribution in [0.1, 0.15) is 34.8 Å². The normalized spacial score (nSPS) is 25.0. The van der Waals surface area contributed by atoms with Crippen molar-refractivity contribution < 1.29 is 74.5 Å². The predicted molar refractivity (Wildman–Crippen MR) is 266 cm³/mol. The molecule has 6 aromatic rings. The minimum atomic E-state index is -6.30. The van der Waals surface area contributed by atoms with Gasteiger partial charge in [-0.15, -0.1) is 0 Å². The number of rotatable bonds is 26. The highest BCUT2D eigenvalue weighted by atomic mass is 32.2. The third kappa shape index (κ3) is 15.6. The summed E-state index contributed by atoms with van der Waals surface area (Å²) in [5.74, 6) is -1.59. The van der Waals surface area contributed by atoms with Gasteiger partial charge in [-0.1, -0.05) is 182 Å². The Labute approximate surface area is 431 Å². The summed E-state index contributed by atoms with van der Waals surface area (Å²) in [5, 5.41) is 0. The van der Waals surface area contributed by atoms with Crippen molar-refractivity contribution in [1.82, 2.24) is 0 Å². The van der Waals surface area contributed by atoms with Crippen molar-refractivity contribution in [3.63, 3.8) is 0 Å². The molecule has 0 spiro atoms. The Kier molecular flexibility index (Phi) is 19.8. The lowest BCUT2D eigenvalue weighted by molar-refractivity contribution is -0.345. The van der Waals surface area contributed by atoms with Crippen LogP contribution in [0.3, 0.4) is 0 Å². The zero-order valence-electron chi connectivity index (χ0n) is 41.7. The molecular formula is C57H61F3O13S. The summed E-state index contributed by atoms with van der Waals surface area (Å²) in [6, 6.07) is 55.9. The summed E-state index contributed by atoms with van der Waals surface area (Å²) < 4.78 is 147. The topological polar surface area (TPSA) is 136 Å². The SMILES string of the molecule is [2H][C@H](OS(=O)(=O)C(F)(F)F)[C@H]1[C@H](OCc2ccccc2)[C@@H](OCc2ccccc2)C(OC[C@H]2O[C@H](OC)[C@H](OCc3ccccc3)[C@@H](OCc3ccccc3)[C@@H]2OCc2ccccc2)O[C@@H]1COCc1ccccc1. The van der Waals surface area contributed by atoms with Crippen LogP contribution in [-0.2, 0) is 101 Å². The summed E-state index contributed by atoms with van der Waals surface area (Å²) in [6.07, 6.45) is -10.2. The van der Waals surface area contributed by atoms with Crippen LogP contribution < -0.4 is 0 Å². The van der Waals surface area contributed by atoms with Gasteiger partial charge in [-0.25, -0.2) is 0 Å². The van der Waals surface area contributed by atoms with Crippen molar-refractivity contribution in [1.29, 1.82) is 0 Å². The van der Waals surface area contributed by atoms with E-state index in [1.807, 2.05) is 140 Å². The summed E-state index contributed by atoms with van der Waals surface area (Å²) in [5.41, 5.74) is -1.07. The Bertz CT molecular complexity index is 2670. The second-order valence-electron chi connectivity index (χ2n) is 17.7. The first kappa shape index (κ1) is 53.4. The van der Waals surface area contributed by atoms with E-state index in [9.17, 15) is 21.6 Å². The van der Waals surface area contributed by atoms with E-state index in [0.29, 0.717) is 11.1 Å². The molecule has 0 saturated carbocycles. The Morgan fingerprint density at radius 2 is 0.797 bits per heavy atom. The molecule has 2 aliphatic rings. The Balaban J connectivity index is 1.16. The first-order valence-corrected chi connectivity index (χ1v) is 25.6. The summed E-state index contributed by atoms with van der Waals surface area (Å²) in [4.78, 5) is 0. The van der Waals surface area contributed by atoms with E-state index in [4.69, 9.17) is 48.7 Å². The smallest absolute Gasteiger partial charge is 0.374 e. The van der Waals surface area contributed by atoms with Gasteiger partial charge in [0.1, 0.15) is 30.5 Å². The fourth-order valence-electron chi connectivity index (χ4n) is 8.61. The number of alkyl halides is 3. The molecule has 13 nitrogen and oxygen atoms in total. The number of ether oxygens (including phenoxy) is 10. The second-order valence-corrected chi connectivity index (χ2v) is 19.2. The van der Waals surface area contributed by atoms with Crippen molar-refractivity contribution in [2.24, 2.45) is 5.92 Å². The van der Waals surface area contributed by atoms with E-state index in [-0.39, 0.29) is 52.9 Å². The Morgan fingerprint density at radius 1 is 0.446 bits per heavy atom. The van der Waals surface area contributed by atoms with E-state index in [0.717, 1.165) is 22.3 Å². The van der Waals surface area contributed by atoms with Gasteiger partial charge in [-0.05, 0) is 33.4 Å². The highest BCUT2D eigenvalue weighted by Gasteiger charge is 2.54. The van der Waals surface area contributed by atoms with Crippen LogP contribution in [0.5, 0.6) is 0 Å². The number of hydrogen-bond donors (Lipinski definition) is 0. The predicted octanol–water partition coefficient (Wildman–Crippen LogP) is 9.73. The average molecular weight is 1040 g/mol. The number of benzene rings is 6. The maximum absolute atomic E-state index is 14.0. The average Bonchev–Trinajstić information content (AvgIpc) is 3.43. The fraction of sp³-hybridized carbons (Fsp3) is 0.368. The van der Waals surface area contributed by atoms with Gasteiger partial charge in [0.05, 0.1) is 73.0 Å². The molecule has 74 heavy (non-hydrogen) atoms. The number of hydrogen-bond acceptors (Lipinski definition) is 13. The molecule has 1 unspecified atom stereocenters. The van der Waals surface area contributed by atoms with Gasteiger partial charge in [0.25, 0.3) is 0 Å². The van der Waals surface area contributed by atoms with Crippen molar-refractivity contribution in [3.05, 3.63) is 215 Å². The van der Waals surface area contributed by atoms with Gasteiger partial charge in [0.2, 0.25) is 0 Å². The van der Waals surface area contributed by atoms with Crippen LogP contribution in [0.15, 0.2) is 182 Å². The molecule has 0 bridgehead atoms. The molecule has 0 aliphatic carbocycles. The van der Waals surface area contributed by atoms with E-state index in [1.165, 1.54) is 7.11 Å². The van der Waals surface area contributed by atoms with Gasteiger partial charge < -0.3 is 47.4 Å². The third-order valence-corrected chi connectivity index (χ3v) is 13.3. The molecule has 6 aromatic carbocycles. The lowest BCUT2D eigenvalue weighted by atomic mass is 9.89. The first-order valence-electron chi connectivity index (χ1n) is 24.8. The molecule has 0 N–H and O–H groups in total. The monoisotopic (exact) mass is 1040 g/mol. The molecule has 2 aliphatic heterocycles. The molecule has 2 saturated heterocycles. The molecule has 0 aromatic heterocycles. The third-order valence-electron chi connectivity index (χ3n) is 12.4. The van der Waals surface area contributed by atoms with Gasteiger partial charge in [0.15, 0.2) is 12.6 Å². The van der Waals surface area contributed by atoms with E-state index < -0.39 is 83.4 Å². The molecule has 394 valence electrons. The minimum Gasteiger partial charge on any atom is -0.374 e. The number of methoxy groups -OCH3 is 1. The van der Waals surface area contributed by atoms with Crippen molar-refractivity contribution in [2.45, 2.75) is 100 Å². The van der Waals surface area contributed by atoms with E-state index >= 15 is 0 Å². The lowest BCUT2D eigenvalue weighted by Gasteiger charge is -2.48. The Hall–Kier alpha value is -5.38. The van der Waals surface area contributed by atoms with Gasteiger partial charge in [-0.2, -0.15) is 21.6 Å². The second kappa shape index (κ2) is 27.4. The van der Waals surface area contributed by atoms with Crippen molar-refractivity contribution in [2.75, 3.05) is 26.9 Å². The lowest BCUT2D eigenvalue weighted by Crippen LogP contribution is -2.63. The minimum absolute atomic E-state index is 0.0272. The van der Waals surface area contributed by atoms with Crippen LogP contribution in [0.2, 0.25) is 0 Å². The van der Waals surface area contributed by atoms with Gasteiger partial charge in [0, 0.05) is 13.0 Å². The molecule has 2 heterocycles.